The van der Waals surface area contributed by atoms with Gasteiger partial charge in [-0.2, -0.15) is 0 Å². The molecule has 0 unspecified atom stereocenters. The number of nitrogens with one attached hydrogen (secondary N) is 1. The van der Waals surface area contributed by atoms with Crippen LogP contribution in [0.15, 0.2) is 35.9 Å². The molecule has 0 amide bonds. The Labute approximate surface area is 95.5 Å². The number of hydrogen-bond acceptors (Lipinski definition) is 2. The van der Waals surface area contributed by atoms with Crippen molar-refractivity contribution in [3.05, 3.63) is 35.9 Å². The lowest BCUT2D eigenvalue weighted by atomic mass is 10.2. The van der Waals surface area contributed by atoms with Crippen molar-refractivity contribution in [3.8, 4) is 0 Å². The number of anilines is 2. The van der Waals surface area contributed by atoms with E-state index < -0.39 is 0 Å². The van der Waals surface area contributed by atoms with Crippen LogP contribution in [0.1, 0.15) is 6.42 Å². The van der Waals surface area contributed by atoms with Crippen molar-refractivity contribution in [1.29, 1.82) is 0 Å². The van der Waals surface area contributed by atoms with Crippen molar-refractivity contribution in [1.82, 2.24) is 0 Å². The highest BCUT2D eigenvalue weighted by molar-refractivity contribution is 6.25. The summed E-state index contributed by atoms with van der Waals surface area (Å²) in [6.45, 7) is 2.99. The number of fused-ring (bicyclic) bond motifs is 1. The van der Waals surface area contributed by atoms with Gasteiger partial charge in [0.25, 0.3) is 0 Å². The summed E-state index contributed by atoms with van der Waals surface area (Å²) in [6.07, 6.45) is 3.13. The van der Waals surface area contributed by atoms with E-state index in [-0.39, 0.29) is 0 Å². The second-order valence-electron chi connectivity index (χ2n) is 3.61. The van der Waals surface area contributed by atoms with Crippen LogP contribution in [0.3, 0.4) is 0 Å². The van der Waals surface area contributed by atoms with Crippen molar-refractivity contribution in [2.75, 3.05) is 29.9 Å². The summed E-state index contributed by atoms with van der Waals surface area (Å²) >= 11 is 5.57. The monoisotopic (exact) mass is 222 g/mol. The fourth-order valence-electron chi connectivity index (χ4n) is 1.87. The molecule has 1 aliphatic rings. The maximum Gasteiger partial charge on any atom is 0.0604 e. The lowest BCUT2D eigenvalue weighted by Gasteiger charge is -2.22. The second-order valence-corrected chi connectivity index (χ2v) is 3.86. The minimum atomic E-state index is 0.877. The molecule has 2 rings (SSSR count). The summed E-state index contributed by atoms with van der Waals surface area (Å²) < 4.78 is 0. The molecule has 0 aromatic heterocycles. The van der Waals surface area contributed by atoms with E-state index in [0.29, 0.717) is 0 Å². The molecule has 0 saturated heterocycles. The smallest absolute Gasteiger partial charge is 0.0604 e. The van der Waals surface area contributed by atoms with Crippen LogP contribution in [0.2, 0.25) is 0 Å². The molecule has 2 nitrogen and oxygen atoms in total. The fraction of sp³-hybridized carbons (Fsp3) is 0.333. The van der Waals surface area contributed by atoms with Crippen LogP contribution in [0.4, 0.5) is 11.4 Å². The zero-order valence-electron chi connectivity index (χ0n) is 8.62. The van der Waals surface area contributed by atoms with Crippen LogP contribution in [0.25, 0.3) is 0 Å². The average Bonchev–Trinajstić information content (AvgIpc) is 2.49. The first-order valence-electron chi connectivity index (χ1n) is 5.25. The number of nitrogens with zero attached hydrogens (tertiary/aromatic N) is 1. The molecule has 0 aliphatic carbocycles. The first-order chi connectivity index (χ1) is 7.42. The first kappa shape index (κ1) is 10.4. The van der Waals surface area contributed by atoms with E-state index in [2.05, 4.69) is 34.5 Å². The molecule has 80 valence electrons. The van der Waals surface area contributed by atoms with Crippen molar-refractivity contribution < 1.29 is 0 Å². The Morgan fingerprint density at radius 2 is 2.27 bits per heavy atom. The molecule has 0 spiro atoms. The van der Waals surface area contributed by atoms with Gasteiger partial charge in [-0.15, -0.1) is 0 Å². The normalized spacial score (nSPS) is 15.9. The zero-order valence-corrected chi connectivity index (χ0v) is 9.37. The van der Waals surface area contributed by atoms with Gasteiger partial charge in [-0.25, -0.2) is 0 Å². The Hall–Kier alpha value is -1.15. The van der Waals surface area contributed by atoms with E-state index >= 15 is 0 Å². The van der Waals surface area contributed by atoms with Gasteiger partial charge in [-0.3, -0.25) is 0 Å². The van der Waals surface area contributed by atoms with Crippen molar-refractivity contribution >= 4 is 23.0 Å². The molecule has 1 aromatic carbocycles. The molecule has 15 heavy (non-hydrogen) atoms. The molecular weight excluding hydrogens is 208 g/mol. The molecule has 3 heteroatoms. The molecule has 0 bridgehead atoms. The Bertz CT molecular complexity index is 349. The van der Waals surface area contributed by atoms with Gasteiger partial charge in [0.2, 0.25) is 0 Å². The number of rotatable bonds is 2. The molecule has 0 saturated carbocycles. The van der Waals surface area contributed by atoms with E-state index in [1.165, 1.54) is 11.4 Å². The molecule has 1 heterocycles. The topological polar surface area (TPSA) is 15.3 Å². The highest BCUT2D eigenvalue weighted by atomic mass is 35.5. The predicted octanol–water partition coefficient (Wildman–Crippen LogP) is 3.06. The van der Waals surface area contributed by atoms with Crippen LogP contribution in [0.5, 0.6) is 0 Å². The van der Waals surface area contributed by atoms with E-state index in [9.17, 15) is 0 Å². The summed E-state index contributed by atoms with van der Waals surface area (Å²) in [7, 11) is 0. The number of hydrogen-bond donors (Lipinski definition) is 1. The molecular formula is C12H15ClN2. The highest BCUT2D eigenvalue weighted by Gasteiger charge is 2.12. The van der Waals surface area contributed by atoms with Gasteiger partial charge >= 0.3 is 0 Å². The third-order valence-corrected chi connectivity index (χ3v) is 2.76. The van der Waals surface area contributed by atoms with E-state index in [1.54, 1.807) is 5.54 Å². The summed E-state index contributed by atoms with van der Waals surface area (Å²) in [5.74, 6) is 0. The molecule has 1 N–H and O–H groups in total. The van der Waals surface area contributed by atoms with E-state index in [4.69, 9.17) is 11.6 Å². The Balaban J connectivity index is 2.24. The quantitative estimate of drug-likeness (QED) is 0.828. The van der Waals surface area contributed by atoms with Crippen molar-refractivity contribution in [3.63, 3.8) is 0 Å². The SMILES string of the molecule is Cl/C=C/CN1CCCNc2ccccc21. The van der Waals surface area contributed by atoms with Crippen molar-refractivity contribution in [2.24, 2.45) is 0 Å². The third kappa shape index (κ3) is 2.45. The molecule has 0 radical (unpaired) electrons. The average molecular weight is 223 g/mol. The predicted molar refractivity (Wildman–Crippen MR) is 66.8 cm³/mol. The summed E-state index contributed by atoms with van der Waals surface area (Å²) in [4.78, 5) is 2.34. The van der Waals surface area contributed by atoms with Gasteiger partial charge < -0.3 is 10.2 Å². The summed E-state index contributed by atoms with van der Waals surface area (Å²) in [5.41, 5.74) is 4.07. The number of para-hydroxylation sites is 2. The number of halogens is 1. The lowest BCUT2D eigenvalue weighted by molar-refractivity contribution is 0.807. The zero-order chi connectivity index (χ0) is 10.5. The lowest BCUT2D eigenvalue weighted by Crippen LogP contribution is -2.23. The maximum absolute atomic E-state index is 5.57. The molecule has 0 atom stereocenters. The van der Waals surface area contributed by atoms with E-state index in [1.807, 2.05) is 6.08 Å². The van der Waals surface area contributed by atoms with Gasteiger partial charge in [0.15, 0.2) is 0 Å². The van der Waals surface area contributed by atoms with Gasteiger partial charge in [-0.1, -0.05) is 29.8 Å². The number of benzene rings is 1. The highest BCUT2D eigenvalue weighted by Crippen LogP contribution is 2.27. The molecule has 1 aromatic rings. The second kappa shape index (κ2) is 5.08. The largest absolute Gasteiger partial charge is 0.383 e. The first-order valence-corrected chi connectivity index (χ1v) is 5.68. The third-order valence-electron chi connectivity index (χ3n) is 2.58. The van der Waals surface area contributed by atoms with Gasteiger partial charge in [0.1, 0.15) is 0 Å². The van der Waals surface area contributed by atoms with Crippen LogP contribution < -0.4 is 10.2 Å². The van der Waals surface area contributed by atoms with Crippen LogP contribution >= 0.6 is 11.6 Å². The van der Waals surface area contributed by atoms with Gasteiger partial charge in [0.05, 0.1) is 11.4 Å². The Morgan fingerprint density at radius 3 is 3.13 bits per heavy atom. The summed E-state index contributed by atoms with van der Waals surface area (Å²) in [5, 5.41) is 3.43. The van der Waals surface area contributed by atoms with Crippen LogP contribution in [0, 0.1) is 0 Å². The van der Waals surface area contributed by atoms with Crippen molar-refractivity contribution in [2.45, 2.75) is 6.42 Å². The molecule has 1 aliphatic heterocycles. The summed E-state index contributed by atoms with van der Waals surface area (Å²) in [6, 6.07) is 8.41. The minimum absolute atomic E-state index is 0.877. The van der Waals surface area contributed by atoms with Gasteiger partial charge in [0, 0.05) is 25.2 Å². The minimum Gasteiger partial charge on any atom is -0.383 e. The molecule has 0 fully saturated rings. The van der Waals surface area contributed by atoms with Crippen LogP contribution in [-0.4, -0.2) is 19.6 Å². The van der Waals surface area contributed by atoms with Gasteiger partial charge in [-0.05, 0) is 18.6 Å². The fourth-order valence-corrected chi connectivity index (χ4v) is 1.95. The van der Waals surface area contributed by atoms with Crippen LogP contribution in [-0.2, 0) is 0 Å². The Kier molecular flexibility index (Phi) is 3.51. The maximum atomic E-state index is 5.57. The van der Waals surface area contributed by atoms with E-state index in [0.717, 1.165) is 26.1 Å². The Morgan fingerprint density at radius 1 is 1.40 bits per heavy atom. The standard InChI is InChI=1S/C12H15ClN2/c13-7-3-9-15-10-4-8-14-11-5-1-2-6-12(11)15/h1-3,5-7,14H,4,8-10H2/b7-3+.